The molecule has 2 atom stereocenters. The second-order valence-electron chi connectivity index (χ2n) is 12.0. The summed E-state index contributed by atoms with van der Waals surface area (Å²) in [6.07, 6.45) is 6.35. The number of ether oxygens (including phenoxy) is 1. The summed E-state index contributed by atoms with van der Waals surface area (Å²) in [4.78, 5) is 17.3. The van der Waals surface area contributed by atoms with Gasteiger partial charge in [0.15, 0.2) is 0 Å². The molecule has 1 N–H and O–H groups in total. The van der Waals surface area contributed by atoms with E-state index in [2.05, 4.69) is 69.5 Å². The predicted octanol–water partition coefficient (Wildman–Crippen LogP) is 4.23. The SMILES string of the molecule is CN1CCC[C@H]1COc1nc2c(c(N3CCN[C@@H](CC#N)C3)n1)CCN(c1cccc3cccc(C4CC4)c13)C2. The van der Waals surface area contributed by atoms with Gasteiger partial charge in [-0.25, -0.2) is 0 Å². The van der Waals surface area contributed by atoms with Gasteiger partial charge in [-0.1, -0.05) is 30.3 Å². The van der Waals surface area contributed by atoms with Crippen LogP contribution in [0, 0.1) is 11.3 Å². The minimum absolute atomic E-state index is 0.150. The van der Waals surface area contributed by atoms with Crippen LogP contribution in [-0.4, -0.2) is 73.3 Å². The third-order valence-electron chi connectivity index (χ3n) is 9.26. The lowest BCUT2D eigenvalue weighted by molar-refractivity contribution is 0.187. The summed E-state index contributed by atoms with van der Waals surface area (Å²) in [6.45, 7) is 5.91. The fourth-order valence-corrected chi connectivity index (χ4v) is 6.89. The maximum absolute atomic E-state index is 9.31. The summed E-state index contributed by atoms with van der Waals surface area (Å²) in [5, 5.41) is 15.5. The number of anilines is 2. The van der Waals surface area contributed by atoms with Crippen molar-refractivity contribution in [1.82, 2.24) is 20.2 Å². The van der Waals surface area contributed by atoms with Gasteiger partial charge in [0, 0.05) is 54.9 Å². The van der Waals surface area contributed by atoms with E-state index >= 15 is 0 Å². The summed E-state index contributed by atoms with van der Waals surface area (Å²) < 4.78 is 6.33. The zero-order valence-electron chi connectivity index (χ0n) is 23.5. The molecule has 2 aromatic carbocycles. The molecule has 1 aliphatic carbocycles. The van der Waals surface area contributed by atoms with Gasteiger partial charge in [-0.3, -0.25) is 0 Å². The molecule has 3 aromatic rings. The zero-order valence-corrected chi connectivity index (χ0v) is 23.5. The second kappa shape index (κ2) is 10.9. The summed E-state index contributed by atoms with van der Waals surface area (Å²) in [7, 11) is 2.17. The number of piperazine rings is 1. The Bertz CT molecular complexity index is 1430. The van der Waals surface area contributed by atoms with Crippen molar-refractivity contribution in [2.45, 2.75) is 63.1 Å². The van der Waals surface area contributed by atoms with Crippen molar-refractivity contribution in [3.8, 4) is 12.1 Å². The lowest BCUT2D eigenvalue weighted by Crippen LogP contribution is -2.51. The summed E-state index contributed by atoms with van der Waals surface area (Å²) in [6, 6.07) is 16.9. The molecule has 8 heteroatoms. The van der Waals surface area contributed by atoms with E-state index in [-0.39, 0.29) is 6.04 Å². The van der Waals surface area contributed by atoms with Crippen LogP contribution in [0.15, 0.2) is 36.4 Å². The number of likely N-dealkylation sites (N-methyl/N-ethyl adjacent to an activating group) is 1. The Morgan fingerprint density at radius 2 is 1.93 bits per heavy atom. The first-order valence-electron chi connectivity index (χ1n) is 15.0. The van der Waals surface area contributed by atoms with Crippen molar-refractivity contribution in [3.63, 3.8) is 0 Å². The van der Waals surface area contributed by atoms with Gasteiger partial charge < -0.3 is 24.8 Å². The number of hydrogen-bond donors (Lipinski definition) is 1. The van der Waals surface area contributed by atoms with Gasteiger partial charge >= 0.3 is 6.01 Å². The van der Waals surface area contributed by atoms with E-state index in [1.807, 2.05) is 0 Å². The van der Waals surface area contributed by atoms with Crippen LogP contribution in [0.1, 0.15) is 54.8 Å². The van der Waals surface area contributed by atoms with Gasteiger partial charge in [-0.2, -0.15) is 15.2 Å². The molecule has 3 aliphatic heterocycles. The number of nitrogens with one attached hydrogen (secondary N) is 1. The molecule has 2 saturated heterocycles. The van der Waals surface area contributed by atoms with E-state index in [1.54, 1.807) is 0 Å². The fraction of sp³-hybridized carbons (Fsp3) is 0.531. The first-order valence-corrected chi connectivity index (χ1v) is 15.0. The van der Waals surface area contributed by atoms with E-state index in [4.69, 9.17) is 14.7 Å². The van der Waals surface area contributed by atoms with E-state index < -0.39 is 0 Å². The second-order valence-corrected chi connectivity index (χ2v) is 12.0. The quantitative estimate of drug-likeness (QED) is 0.480. The number of likely N-dealkylation sites (tertiary alicyclic amines) is 1. The van der Waals surface area contributed by atoms with Gasteiger partial charge in [0.05, 0.1) is 24.7 Å². The Morgan fingerprint density at radius 1 is 1.05 bits per heavy atom. The highest BCUT2D eigenvalue weighted by atomic mass is 16.5. The molecular weight excluding hydrogens is 498 g/mol. The Labute approximate surface area is 236 Å². The van der Waals surface area contributed by atoms with Crippen LogP contribution >= 0.6 is 0 Å². The highest BCUT2D eigenvalue weighted by molar-refractivity contribution is 5.97. The molecule has 4 aliphatic rings. The smallest absolute Gasteiger partial charge is 0.318 e. The van der Waals surface area contributed by atoms with Gasteiger partial charge in [0.2, 0.25) is 0 Å². The highest BCUT2D eigenvalue weighted by Crippen LogP contribution is 2.46. The molecule has 0 bridgehead atoms. The van der Waals surface area contributed by atoms with Gasteiger partial charge in [0.1, 0.15) is 12.4 Å². The predicted molar refractivity (Wildman–Crippen MR) is 158 cm³/mol. The van der Waals surface area contributed by atoms with Crippen molar-refractivity contribution < 1.29 is 4.74 Å². The van der Waals surface area contributed by atoms with E-state index in [0.717, 1.165) is 63.6 Å². The molecular formula is C32H39N7O. The Morgan fingerprint density at radius 3 is 2.73 bits per heavy atom. The number of aromatic nitrogens is 2. The monoisotopic (exact) mass is 537 g/mol. The Hall–Kier alpha value is -3.41. The maximum Gasteiger partial charge on any atom is 0.318 e. The summed E-state index contributed by atoms with van der Waals surface area (Å²) in [5.41, 5.74) is 5.12. The number of nitrogens with zero attached hydrogens (tertiary/aromatic N) is 6. The largest absolute Gasteiger partial charge is 0.462 e. The summed E-state index contributed by atoms with van der Waals surface area (Å²) >= 11 is 0. The van der Waals surface area contributed by atoms with Gasteiger partial charge in [-0.05, 0) is 68.6 Å². The molecule has 1 aromatic heterocycles. The normalized spacial score (nSPS) is 23.3. The van der Waals surface area contributed by atoms with E-state index in [9.17, 15) is 5.26 Å². The highest BCUT2D eigenvalue weighted by Gasteiger charge is 2.31. The first-order chi connectivity index (χ1) is 19.7. The minimum Gasteiger partial charge on any atom is -0.462 e. The van der Waals surface area contributed by atoms with E-state index in [0.29, 0.717) is 31.0 Å². The minimum atomic E-state index is 0.150. The van der Waals surface area contributed by atoms with Crippen molar-refractivity contribution in [3.05, 3.63) is 53.2 Å². The molecule has 0 unspecified atom stereocenters. The van der Waals surface area contributed by atoms with Crippen molar-refractivity contribution in [1.29, 1.82) is 5.26 Å². The zero-order chi connectivity index (χ0) is 27.1. The van der Waals surface area contributed by atoms with Crippen molar-refractivity contribution in [2.24, 2.45) is 0 Å². The number of nitriles is 1. The number of benzene rings is 2. The Balaban J connectivity index is 1.23. The molecule has 4 heterocycles. The molecule has 0 radical (unpaired) electrons. The first kappa shape index (κ1) is 25.6. The van der Waals surface area contributed by atoms with Crippen LogP contribution in [0.2, 0.25) is 0 Å². The number of fused-ring (bicyclic) bond motifs is 2. The number of rotatable bonds is 7. The molecule has 1 saturated carbocycles. The molecule has 40 heavy (non-hydrogen) atoms. The molecule has 0 amide bonds. The topological polar surface area (TPSA) is 80.5 Å². The van der Waals surface area contributed by atoms with Crippen LogP contribution in [0.5, 0.6) is 6.01 Å². The average Bonchev–Trinajstić information content (AvgIpc) is 3.75. The average molecular weight is 538 g/mol. The van der Waals surface area contributed by atoms with Gasteiger partial charge in [-0.15, -0.1) is 0 Å². The molecule has 7 rings (SSSR count). The van der Waals surface area contributed by atoms with E-state index in [1.165, 1.54) is 46.8 Å². The third kappa shape index (κ3) is 4.97. The number of hydrogen-bond acceptors (Lipinski definition) is 8. The van der Waals surface area contributed by atoms with Crippen LogP contribution in [0.3, 0.4) is 0 Å². The van der Waals surface area contributed by atoms with Gasteiger partial charge in [0.25, 0.3) is 0 Å². The van der Waals surface area contributed by atoms with Crippen molar-refractivity contribution in [2.75, 3.05) is 56.2 Å². The Kier molecular flexibility index (Phi) is 6.94. The van der Waals surface area contributed by atoms with Crippen LogP contribution in [0.4, 0.5) is 11.5 Å². The third-order valence-corrected chi connectivity index (χ3v) is 9.26. The van der Waals surface area contributed by atoms with Crippen LogP contribution in [0.25, 0.3) is 10.8 Å². The molecule has 0 spiro atoms. The van der Waals surface area contributed by atoms with Crippen molar-refractivity contribution >= 4 is 22.3 Å². The summed E-state index contributed by atoms with van der Waals surface area (Å²) in [5.74, 6) is 1.69. The fourth-order valence-electron chi connectivity index (χ4n) is 6.89. The van der Waals surface area contributed by atoms with Crippen LogP contribution in [-0.2, 0) is 13.0 Å². The standard InChI is InChI=1S/C32H39N7O/c1-37-16-4-7-25(37)21-40-32-35-28-20-38(29-9-3-6-23-5-2-8-26(30(23)29)22-10-11-22)17-13-27(28)31(36-32)39-18-15-34-24(19-39)12-14-33/h2-3,5-6,8-9,22,24-25,34H,4,7,10-13,15-21H2,1H3/t24-,25-/m0/s1. The molecule has 3 fully saturated rings. The molecule has 8 nitrogen and oxygen atoms in total. The lowest BCUT2D eigenvalue weighted by atomic mass is 9.97. The van der Waals surface area contributed by atoms with Crippen LogP contribution < -0.4 is 19.9 Å². The maximum atomic E-state index is 9.31. The molecule has 208 valence electrons. The lowest BCUT2D eigenvalue weighted by Gasteiger charge is -2.37.